The quantitative estimate of drug-likeness (QED) is 0.595. The fourth-order valence-corrected chi connectivity index (χ4v) is 3.06. The van der Waals surface area contributed by atoms with Crippen LogP contribution in [0.4, 0.5) is 5.69 Å². The van der Waals surface area contributed by atoms with Gasteiger partial charge in [0.05, 0.1) is 41.1 Å². The Hall–Kier alpha value is -2.67. The van der Waals surface area contributed by atoms with Gasteiger partial charge >= 0.3 is 5.97 Å². The Kier molecular flexibility index (Phi) is 4.11. The molecule has 0 saturated carbocycles. The van der Waals surface area contributed by atoms with Gasteiger partial charge in [-0.05, 0) is 40.2 Å². The minimum atomic E-state index is -0.674. The van der Waals surface area contributed by atoms with E-state index in [1.807, 2.05) is 0 Å². The third-order valence-electron chi connectivity index (χ3n) is 3.71. The Morgan fingerprint density at radius 2 is 1.62 bits per heavy atom. The highest BCUT2D eigenvalue weighted by molar-refractivity contribution is 9.10. The molecule has 1 heterocycles. The van der Waals surface area contributed by atoms with Gasteiger partial charge in [-0.15, -0.1) is 0 Å². The van der Waals surface area contributed by atoms with Crippen LogP contribution >= 0.6 is 15.9 Å². The van der Waals surface area contributed by atoms with Gasteiger partial charge in [-0.25, -0.2) is 9.69 Å². The van der Waals surface area contributed by atoms with Crippen LogP contribution in [0.5, 0.6) is 5.75 Å². The zero-order chi connectivity index (χ0) is 17.4. The van der Waals surface area contributed by atoms with Crippen molar-refractivity contribution in [2.45, 2.75) is 0 Å². The van der Waals surface area contributed by atoms with Crippen molar-refractivity contribution in [3.63, 3.8) is 0 Å². The topological polar surface area (TPSA) is 72.9 Å². The second-order valence-electron chi connectivity index (χ2n) is 4.99. The molecule has 1 aliphatic heterocycles. The lowest BCUT2D eigenvalue weighted by molar-refractivity contribution is 0.0601. The molecular formula is C17H12BrNO5. The summed E-state index contributed by atoms with van der Waals surface area (Å²) in [5, 5.41) is 0. The highest BCUT2D eigenvalue weighted by atomic mass is 79.9. The van der Waals surface area contributed by atoms with Crippen LogP contribution in [0.2, 0.25) is 0 Å². The fourth-order valence-electron chi connectivity index (χ4n) is 2.57. The number of carbonyl (C=O) groups excluding carboxylic acids is 3. The first kappa shape index (κ1) is 16.2. The second kappa shape index (κ2) is 6.09. The number of anilines is 1. The minimum absolute atomic E-state index is 0.0621. The zero-order valence-corrected chi connectivity index (χ0v) is 14.4. The number of carbonyl (C=O) groups is 3. The van der Waals surface area contributed by atoms with Crippen LogP contribution in [0.1, 0.15) is 31.1 Å². The van der Waals surface area contributed by atoms with Gasteiger partial charge in [0, 0.05) is 0 Å². The number of hydrogen-bond donors (Lipinski definition) is 0. The molecule has 0 unspecified atom stereocenters. The van der Waals surface area contributed by atoms with E-state index in [1.54, 1.807) is 24.3 Å². The van der Waals surface area contributed by atoms with E-state index >= 15 is 0 Å². The monoisotopic (exact) mass is 389 g/mol. The van der Waals surface area contributed by atoms with E-state index in [9.17, 15) is 14.4 Å². The number of hydrogen-bond acceptors (Lipinski definition) is 5. The smallest absolute Gasteiger partial charge is 0.340 e. The van der Waals surface area contributed by atoms with Gasteiger partial charge in [0.2, 0.25) is 0 Å². The number of halogens is 1. The van der Waals surface area contributed by atoms with Crippen LogP contribution in [-0.2, 0) is 4.74 Å². The van der Waals surface area contributed by atoms with E-state index in [1.165, 1.54) is 26.4 Å². The lowest BCUT2D eigenvalue weighted by Crippen LogP contribution is -2.31. The first-order valence-corrected chi connectivity index (χ1v) is 7.72. The molecule has 24 heavy (non-hydrogen) atoms. The maximum absolute atomic E-state index is 12.6. The largest absolute Gasteiger partial charge is 0.496 e. The van der Waals surface area contributed by atoms with Gasteiger partial charge in [0.25, 0.3) is 11.8 Å². The maximum atomic E-state index is 12.6. The Morgan fingerprint density at radius 3 is 2.12 bits per heavy atom. The van der Waals surface area contributed by atoms with Crippen LogP contribution < -0.4 is 9.64 Å². The van der Waals surface area contributed by atoms with Crippen molar-refractivity contribution >= 4 is 39.4 Å². The normalized spacial score (nSPS) is 13.0. The SMILES string of the molecule is COC(=O)c1cc(OC)c(Br)cc1N1C(=O)c2ccccc2C1=O. The summed E-state index contributed by atoms with van der Waals surface area (Å²) in [5.41, 5.74) is 0.795. The van der Waals surface area contributed by atoms with Gasteiger partial charge in [-0.1, -0.05) is 12.1 Å². The fraction of sp³-hybridized carbons (Fsp3) is 0.118. The van der Waals surface area contributed by atoms with Crippen LogP contribution in [0.25, 0.3) is 0 Å². The molecule has 0 aromatic heterocycles. The number of esters is 1. The number of methoxy groups -OCH3 is 2. The molecule has 6 nitrogen and oxygen atoms in total. The summed E-state index contributed by atoms with van der Waals surface area (Å²) in [6.45, 7) is 0. The highest BCUT2D eigenvalue weighted by Gasteiger charge is 2.38. The Labute approximate surface area is 146 Å². The molecule has 7 heteroatoms. The summed E-state index contributed by atoms with van der Waals surface area (Å²) in [4.78, 5) is 38.4. The molecule has 0 radical (unpaired) electrons. The lowest BCUT2D eigenvalue weighted by Gasteiger charge is -2.19. The first-order chi connectivity index (χ1) is 11.5. The van der Waals surface area contributed by atoms with Gasteiger partial charge < -0.3 is 9.47 Å². The summed E-state index contributed by atoms with van der Waals surface area (Å²) in [6.07, 6.45) is 0. The van der Waals surface area contributed by atoms with E-state index in [0.717, 1.165) is 4.90 Å². The summed E-state index contributed by atoms with van der Waals surface area (Å²) < 4.78 is 10.4. The molecule has 0 spiro atoms. The van der Waals surface area contributed by atoms with Crippen LogP contribution in [0, 0.1) is 0 Å². The van der Waals surface area contributed by atoms with E-state index in [0.29, 0.717) is 21.3 Å². The van der Waals surface area contributed by atoms with Crippen molar-refractivity contribution in [2.24, 2.45) is 0 Å². The van der Waals surface area contributed by atoms with Crippen molar-refractivity contribution in [3.05, 3.63) is 57.6 Å². The molecule has 1 aliphatic rings. The summed E-state index contributed by atoms with van der Waals surface area (Å²) in [6, 6.07) is 9.43. The predicted octanol–water partition coefficient (Wildman–Crippen LogP) is 3.04. The number of amides is 2. The third kappa shape index (κ3) is 2.37. The Bertz CT molecular complexity index is 842. The van der Waals surface area contributed by atoms with Crippen molar-refractivity contribution in [1.82, 2.24) is 0 Å². The van der Waals surface area contributed by atoms with Gasteiger partial charge in [0.1, 0.15) is 5.75 Å². The van der Waals surface area contributed by atoms with Crippen molar-refractivity contribution in [1.29, 1.82) is 0 Å². The van der Waals surface area contributed by atoms with Crippen LogP contribution in [-0.4, -0.2) is 32.0 Å². The average molecular weight is 390 g/mol. The molecule has 0 N–H and O–H groups in total. The van der Waals surface area contributed by atoms with E-state index < -0.39 is 17.8 Å². The summed E-state index contributed by atoms with van der Waals surface area (Å²) in [7, 11) is 2.67. The molecule has 0 saturated heterocycles. The van der Waals surface area contributed by atoms with Crippen molar-refractivity contribution in [2.75, 3.05) is 19.1 Å². The number of benzene rings is 2. The lowest BCUT2D eigenvalue weighted by atomic mass is 10.1. The van der Waals surface area contributed by atoms with E-state index in [-0.39, 0.29) is 11.3 Å². The third-order valence-corrected chi connectivity index (χ3v) is 4.33. The molecule has 0 aliphatic carbocycles. The van der Waals surface area contributed by atoms with Crippen LogP contribution in [0.15, 0.2) is 40.9 Å². The number of nitrogens with zero attached hydrogens (tertiary/aromatic N) is 1. The number of imide groups is 1. The number of rotatable bonds is 3. The molecule has 0 bridgehead atoms. The summed E-state index contributed by atoms with van der Waals surface area (Å²) in [5.74, 6) is -1.27. The van der Waals surface area contributed by atoms with E-state index in [2.05, 4.69) is 15.9 Å². The van der Waals surface area contributed by atoms with Gasteiger partial charge in [0.15, 0.2) is 0 Å². The minimum Gasteiger partial charge on any atom is -0.496 e. The van der Waals surface area contributed by atoms with E-state index in [4.69, 9.17) is 9.47 Å². The zero-order valence-electron chi connectivity index (χ0n) is 12.8. The second-order valence-corrected chi connectivity index (χ2v) is 5.84. The Balaban J connectivity index is 2.20. The highest BCUT2D eigenvalue weighted by Crippen LogP contribution is 2.37. The number of ether oxygens (including phenoxy) is 2. The van der Waals surface area contributed by atoms with Gasteiger partial charge in [-0.2, -0.15) is 0 Å². The molecule has 3 rings (SSSR count). The number of fused-ring (bicyclic) bond motifs is 1. The predicted molar refractivity (Wildman–Crippen MR) is 89.6 cm³/mol. The van der Waals surface area contributed by atoms with Crippen molar-refractivity contribution in [3.8, 4) is 5.75 Å². The molecule has 2 aromatic carbocycles. The van der Waals surface area contributed by atoms with Crippen LogP contribution in [0.3, 0.4) is 0 Å². The average Bonchev–Trinajstić information content (AvgIpc) is 2.85. The molecular weight excluding hydrogens is 378 g/mol. The standard InChI is InChI=1S/C17H12BrNO5/c1-23-14-7-11(17(22)24-2)13(8-12(14)18)19-15(20)9-5-3-4-6-10(9)16(19)21/h3-8H,1-2H3. The molecule has 122 valence electrons. The Morgan fingerprint density at radius 1 is 1.04 bits per heavy atom. The molecule has 0 atom stereocenters. The molecule has 2 aromatic rings. The van der Waals surface area contributed by atoms with Gasteiger partial charge in [-0.3, -0.25) is 9.59 Å². The van der Waals surface area contributed by atoms with Crippen molar-refractivity contribution < 1.29 is 23.9 Å². The first-order valence-electron chi connectivity index (χ1n) is 6.93. The summed E-state index contributed by atoms with van der Waals surface area (Å²) >= 11 is 3.31. The maximum Gasteiger partial charge on any atom is 0.340 e. The molecule has 0 fully saturated rings. The molecule has 2 amide bonds.